The van der Waals surface area contributed by atoms with Crippen LogP contribution in [0.25, 0.3) is 0 Å². The molecule has 0 N–H and O–H groups in total. The number of rotatable bonds is 3. The highest BCUT2D eigenvalue weighted by Crippen LogP contribution is 2.22. The van der Waals surface area contributed by atoms with E-state index >= 15 is 0 Å². The molecule has 6 nitrogen and oxygen atoms in total. The van der Waals surface area contributed by atoms with Crippen LogP contribution >= 0.6 is 0 Å². The van der Waals surface area contributed by atoms with E-state index in [9.17, 15) is 4.79 Å². The van der Waals surface area contributed by atoms with E-state index in [4.69, 9.17) is 4.74 Å². The third-order valence-electron chi connectivity index (χ3n) is 5.73. The summed E-state index contributed by atoms with van der Waals surface area (Å²) in [6.45, 7) is 9.70. The number of carbonyl (C=O) groups is 1. The molecule has 1 aromatic heterocycles. The van der Waals surface area contributed by atoms with Crippen molar-refractivity contribution in [1.82, 2.24) is 19.4 Å². The molecular weight excluding hydrogens is 304 g/mol. The van der Waals surface area contributed by atoms with E-state index in [0.717, 1.165) is 76.8 Å². The summed E-state index contributed by atoms with van der Waals surface area (Å²) in [5.74, 6) is 2.59. The molecule has 3 aliphatic rings. The van der Waals surface area contributed by atoms with Crippen LogP contribution in [0, 0.1) is 11.8 Å². The first-order chi connectivity index (χ1) is 11.7. The van der Waals surface area contributed by atoms with Gasteiger partial charge in [-0.1, -0.05) is 6.92 Å². The van der Waals surface area contributed by atoms with E-state index < -0.39 is 0 Å². The third kappa shape index (κ3) is 3.22. The molecule has 0 saturated carbocycles. The van der Waals surface area contributed by atoms with Gasteiger partial charge in [0.15, 0.2) is 0 Å². The van der Waals surface area contributed by atoms with Gasteiger partial charge in [0.1, 0.15) is 11.5 Å². The van der Waals surface area contributed by atoms with Crippen LogP contribution in [0.3, 0.4) is 0 Å². The van der Waals surface area contributed by atoms with Gasteiger partial charge < -0.3 is 14.2 Å². The van der Waals surface area contributed by atoms with Gasteiger partial charge in [0, 0.05) is 52.3 Å². The van der Waals surface area contributed by atoms with Crippen molar-refractivity contribution in [2.45, 2.75) is 32.7 Å². The summed E-state index contributed by atoms with van der Waals surface area (Å²) in [5.41, 5.74) is 0.787. The Morgan fingerprint density at radius 1 is 1.25 bits per heavy atom. The molecule has 2 saturated heterocycles. The first kappa shape index (κ1) is 16.1. The Morgan fingerprint density at radius 3 is 2.83 bits per heavy atom. The molecule has 2 fully saturated rings. The number of hydrogen-bond acceptors (Lipinski definition) is 4. The Hall–Kier alpha value is -1.40. The number of piperazine rings is 1. The Kier molecular flexibility index (Phi) is 4.59. The number of carbonyl (C=O) groups excluding carboxylic acids is 1. The summed E-state index contributed by atoms with van der Waals surface area (Å²) < 4.78 is 7.61. The molecule has 2 unspecified atom stereocenters. The molecule has 132 valence electrons. The molecule has 0 bridgehead atoms. The first-order valence-electron chi connectivity index (χ1n) is 9.34. The fourth-order valence-electron chi connectivity index (χ4n) is 4.15. The molecule has 0 aromatic carbocycles. The quantitative estimate of drug-likeness (QED) is 0.836. The van der Waals surface area contributed by atoms with Crippen molar-refractivity contribution in [3.8, 4) is 0 Å². The van der Waals surface area contributed by atoms with Crippen molar-refractivity contribution in [2.24, 2.45) is 11.8 Å². The highest BCUT2D eigenvalue weighted by atomic mass is 16.5. The third-order valence-corrected chi connectivity index (χ3v) is 5.73. The number of hydrogen-bond donors (Lipinski definition) is 0. The normalized spacial score (nSPS) is 28.1. The first-order valence-corrected chi connectivity index (χ1v) is 9.34. The predicted molar refractivity (Wildman–Crippen MR) is 91.0 cm³/mol. The van der Waals surface area contributed by atoms with Gasteiger partial charge in [-0.15, -0.1) is 0 Å². The second-order valence-electron chi connectivity index (χ2n) is 7.63. The van der Waals surface area contributed by atoms with E-state index in [0.29, 0.717) is 11.8 Å². The second-order valence-corrected chi connectivity index (χ2v) is 7.63. The van der Waals surface area contributed by atoms with Crippen molar-refractivity contribution in [1.29, 1.82) is 0 Å². The minimum absolute atomic E-state index is 0.159. The number of amides is 1. The Morgan fingerprint density at radius 2 is 2.08 bits per heavy atom. The molecule has 0 radical (unpaired) electrons. The number of aromatic nitrogens is 2. The number of nitrogens with zero attached hydrogens (tertiary/aromatic N) is 4. The molecule has 2 atom stereocenters. The largest absolute Gasteiger partial charge is 0.381 e. The molecule has 0 aliphatic carbocycles. The van der Waals surface area contributed by atoms with Crippen LogP contribution in [-0.2, 0) is 17.7 Å². The molecule has 1 aromatic rings. The lowest BCUT2D eigenvalue weighted by Crippen LogP contribution is -2.50. The van der Waals surface area contributed by atoms with Crippen molar-refractivity contribution in [2.75, 3.05) is 45.9 Å². The van der Waals surface area contributed by atoms with Crippen LogP contribution < -0.4 is 0 Å². The van der Waals surface area contributed by atoms with Crippen LogP contribution in [0.5, 0.6) is 0 Å². The van der Waals surface area contributed by atoms with Crippen molar-refractivity contribution in [3.05, 3.63) is 17.7 Å². The van der Waals surface area contributed by atoms with Gasteiger partial charge in [-0.25, -0.2) is 4.98 Å². The van der Waals surface area contributed by atoms with Gasteiger partial charge in [0.05, 0.1) is 12.8 Å². The lowest BCUT2D eigenvalue weighted by Gasteiger charge is -2.36. The zero-order valence-electron chi connectivity index (χ0n) is 14.6. The minimum Gasteiger partial charge on any atom is -0.381 e. The van der Waals surface area contributed by atoms with Crippen molar-refractivity contribution in [3.63, 3.8) is 0 Å². The van der Waals surface area contributed by atoms with E-state index in [1.807, 2.05) is 4.90 Å². The predicted octanol–water partition coefficient (Wildman–Crippen LogP) is 1.26. The van der Waals surface area contributed by atoms with Gasteiger partial charge in [0.25, 0.3) is 5.91 Å². The van der Waals surface area contributed by atoms with Gasteiger partial charge >= 0.3 is 0 Å². The molecule has 0 spiro atoms. The van der Waals surface area contributed by atoms with E-state index in [1.165, 1.54) is 6.42 Å². The molecule has 4 rings (SSSR count). The summed E-state index contributed by atoms with van der Waals surface area (Å²) in [4.78, 5) is 21.9. The Bertz CT molecular complexity index is 586. The minimum atomic E-state index is 0.159. The fourth-order valence-corrected chi connectivity index (χ4v) is 4.15. The summed E-state index contributed by atoms with van der Waals surface area (Å²) in [6.07, 6.45) is 5.10. The summed E-state index contributed by atoms with van der Waals surface area (Å²) in [6, 6.07) is 0. The smallest absolute Gasteiger partial charge is 0.272 e. The van der Waals surface area contributed by atoms with Gasteiger partial charge in [-0.3, -0.25) is 9.69 Å². The van der Waals surface area contributed by atoms with Crippen LogP contribution in [0.4, 0.5) is 0 Å². The molecule has 1 amide bonds. The zero-order chi connectivity index (χ0) is 16.5. The van der Waals surface area contributed by atoms with E-state index in [1.54, 1.807) is 6.20 Å². The maximum absolute atomic E-state index is 12.9. The molecule has 4 heterocycles. The summed E-state index contributed by atoms with van der Waals surface area (Å²) in [5, 5.41) is 0. The number of imidazole rings is 1. The topological polar surface area (TPSA) is 50.6 Å². The average molecular weight is 332 g/mol. The summed E-state index contributed by atoms with van der Waals surface area (Å²) in [7, 11) is 0. The van der Waals surface area contributed by atoms with Gasteiger partial charge in [-0.05, 0) is 24.7 Å². The Balaban J connectivity index is 1.35. The van der Waals surface area contributed by atoms with Crippen molar-refractivity contribution >= 4 is 5.91 Å². The van der Waals surface area contributed by atoms with Crippen LogP contribution in [0.2, 0.25) is 0 Å². The fraction of sp³-hybridized carbons (Fsp3) is 0.778. The van der Waals surface area contributed by atoms with Gasteiger partial charge in [0.2, 0.25) is 0 Å². The van der Waals surface area contributed by atoms with Crippen LogP contribution in [0.15, 0.2) is 6.20 Å². The van der Waals surface area contributed by atoms with Gasteiger partial charge in [-0.2, -0.15) is 0 Å². The SMILES string of the molecule is CC1CCn2c(C(=O)N3CCN(CC4CCOC4)CC3)cnc2C1. The lowest BCUT2D eigenvalue weighted by molar-refractivity contribution is 0.0599. The molecular formula is C18H28N4O2. The maximum Gasteiger partial charge on any atom is 0.272 e. The lowest BCUT2D eigenvalue weighted by atomic mass is 10.0. The monoisotopic (exact) mass is 332 g/mol. The van der Waals surface area contributed by atoms with Crippen LogP contribution in [-0.4, -0.2) is 71.2 Å². The summed E-state index contributed by atoms with van der Waals surface area (Å²) >= 11 is 0. The van der Waals surface area contributed by atoms with E-state index in [2.05, 4.69) is 21.4 Å². The maximum atomic E-state index is 12.9. The standard InChI is InChI=1S/C18H28N4O2/c1-14-2-4-22-16(11-19-17(22)10-14)18(23)21-7-5-20(6-8-21)12-15-3-9-24-13-15/h11,14-15H,2-10,12-13H2,1H3. The van der Waals surface area contributed by atoms with E-state index in [-0.39, 0.29) is 5.91 Å². The highest BCUT2D eigenvalue weighted by molar-refractivity contribution is 5.92. The zero-order valence-corrected chi connectivity index (χ0v) is 14.6. The Labute approximate surface area is 143 Å². The molecule has 3 aliphatic heterocycles. The average Bonchev–Trinajstić information content (AvgIpc) is 3.24. The second kappa shape index (κ2) is 6.84. The molecule has 24 heavy (non-hydrogen) atoms. The highest BCUT2D eigenvalue weighted by Gasteiger charge is 2.28. The number of fused-ring (bicyclic) bond motifs is 1. The van der Waals surface area contributed by atoms with Crippen LogP contribution in [0.1, 0.15) is 36.1 Å². The number of ether oxygens (including phenoxy) is 1. The molecule has 6 heteroatoms. The van der Waals surface area contributed by atoms with Crippen molar-refractivity contribution < 1.29 is 9.53 Å².